The van der Waals surface area contributed by atoms with Crippen LogP contribution in [0.2, 0.25) is 0 Å². The van der Waals surface area contributed by atoms with Gasteiger partial charge in [0.25, 0.3) is 5.91 Å². The Morgan fingerprint density at radius 1 is 1.39 bits per heavy atom. The van der Waals surface area contributed by atoms with Gasteiger partial charge >= 0.3 is 0 Å². The van der Waals surface area contributed by atoms with E-state index in [1.54, 1.807) is 18.4 Å². The van der Waals surface area contributed by atoms with E-state index in [-0.39, 0.29) is 17.0 Å². The van der Waals surface area contributed by atoms with Crippen LogP contribution in [0.5, 0.6) is 0 Å². The second-order valence-electron chi connectivity index (χ2n) is 4.62. The van der Waals surface area contributed by atoms with Crippen LogP contribution in [0.3, 0.4) is 0 Å². The molecule has 2 N–H and O–H groups in total. The van der Waals surface area contributed by atoms with Gasteiger partial charge in [0.05, 0.1) is 11.0 Å². The van der Waals surface area contributed by atoms with Gasteiger partial charge in [-0.1, -0.05) is 13.0 Å². The number of nitriles is 1. The molecule has 0 fully saturated rings. The number of sulfonamides is 1. The van der Waals surface area contributed by atoms with Crippen molar-refractivity contribution in [2.45, 2.75) is 17.9 Å². The lowest BCUT2D eigenvalue weighted by atomic mass is 10.1. The quantitative estimate of drug-likeness (QED) is 0.833. The van der Waals surface area contributed by atoms with Gasteiger partial charge in [-0.05, 0) is 40.6 Å². The van der Waals surface area contributed by atoms with Gasteiger partial charge in [-0.25, -0.2) is 13.1 Å². The molecular formula is C15H15N3O3S2. The highest BCUT2D eigenvalue weighted by Crippen LogP contribution is 2.17. The molecule has 23 heavy (non-hydrogen) atoms. The fourth-order valence-corrected chi connectivity index (χ4v) is 3.69. The average Bonchev–Trinajstić information content (AvgIpc) is 3.06. The molecule has 0 saturated heterocycles. The molecule has 1 aromatic carbocycles. The van der Waals surface area contributed by atoms with Crippen LogP contribution < -0.4 is 10.0 Å². The number of amides is 1. The van der Waals surface area contributed by atoms with Gasteiger partial charge in [0, 0.05) is 12.1 Å². The molecule has 8 heteroatoms. The Bertz CT molecular complexity index is 824. The van der Waals surface area contributed by atoms with E-state index < -0.39 is 22.0 Å². The number of rotatable bonds is 6. The number of hydrogen-bond donors (Lipinski definition) is 2. The molecule has 1 aromatic heterocycles. The summed E-state index contributed by atoms with van der Waals surface area (Å²) in [6.45, 7) is 1.93. The van der Waals surface area contributed by atoms with E-state index in [4.69, 9.17) is 0 Å². The third-order valence-electron chi connectivity index (χ3n) is 3.02. The van der Waals surface area contributed by atoms with Gasteiger partial charge < -0.3 is 5.32 Å². The molecule has 0 radical (unpaired) electrons. The maximum atomic E-state index is 12.3. The van der Waals surface area contributed by atoms with E-state index in [1.165, 1.54) is 35.6 Å². The van der Waals surface area contributed by atoms with E-state index >= 15 is 0 Å². The number of benzene rings is 1. The Morgan fingerprint density at radius 2 is 2.17 bits per heavy atom. The van der Waals surface area contributed by atoms with Crippen molar-refractivity contribution in [3.63, 3.8) is 0 Å². The van der Waals surface area contributed by atoms with Gasteiger partial charge in [-0.15, -0.1) is 0 Å². The van der Waals surface area contributed by atoms with E-state index in [0.29, 0.717) is 5.56 Å². The lowest BCUT2D eigenvalue weighted by Gasteiger charge is -2.11. The van der Waals surface area contributed by atoms with Gasteiger partial charge in [0.15, 0.2) is 0 Å². The topological polar surface area (TPSA) is 99.1 Å². The van der Waals surface area contributed by atoms with Gasteiger partial charge in [0.2, 0.25) is 10.0 Å². The summed E-state index contributed by atoms with van der Waals surface area (Å²) >= 11 is 1.43. The van der Waals surface area contributed by atoms with Crippen molar-refractivity contribution in [3.8, 4) is 6.07 Å². The SMILES string of the molecule is CCNS(=O)(=O)c1cccc(C(=O)N[C@H](C#N)c2ccsc2)c1. The monoisotopic (exact) mass is 349 g/mol. The molecule has 0 spiro atoms. The number of nitrogens with zero attached hydrogens (tertiary/aromatic N) is 1. The molecule has 0 bridgehead atoms. The molecule has 0 aliphatic carbocycles. The summed E-state index contributed by atoms with van der Waals surface area (Å²) in [6.07, 6.45) is 0. The molecule has 1 atom stereocenters. The fraction of sp³-hybridized carbons (Fsp3) is 0.200. The van der Waals surface area contributed by atoms with E-state index in [9.17, 15) is 18.5 Å². The number of carbonyl (C=O) groups is 1. The first kappa shape index (κ1) is 17.1. The van der Waals surface area contributed by atoms with Crippen molar-refractivity contribution in [1.82, 2.24) is 10.0 Å². The summed E-state index contributed by atoms with van der Waals surface area (Å²) in [5.74, 6) is -0.503. The summed E-state index contributed by atoms with van der Waals surface area (Å²) in [7, 11) is -3.64. The molecule has 0 aliphatic heterocycles. The summed E-state index contributed by atoms with van der Waals surface area (Å²) in [4.78, 5) is 12.3. The highest BCUT2D eigenvalue weighted by molar-refractivity contribution is 7.89. The lowest BCUT2D eigenvalue weighted by molar-refractivity contribution is 0.0945. The van der Waals surface area contributed by atoms with Crippen LogP contribution in [-0.4, -0.2) is 20.9 Å². The van der Waals surface area contributed by atoms with Gasteiger partial charge in [0.1, 0.15) is 6.04 Å². The predicted molar refractivity (Wildman–Crippen MR) is 87.4 cm³/mol. The number of nitrogens with one attached hydrogen (secondary N) is 2. The van der Waals surface area contributed by atoms with Crippen LogP contribution >= 0.6 is 11.3 Å². The summed E-state index contributed by atoms with van der Waals surface area (Å²) in [6, 6.07) is 8.69. The highest BCUT2D eigenvalue weighted by Gasteiger charge is 2.18. The maximum absolute atomic E-state index is 12.3. The van der Waals surface area contributed by atoms with Crippen molar-refractivity contribution < 1.29 is 13.2 Å². The van der Waals surface area contributed by atoms with Crippen molar-refractivity contribution in [3.05, 3.63) is 52.2 Å². The Morgan fingerprint density at radius 3 is 2.78 bits per heavy atom. The largest absolute Gasteiger partial charge is 0.332 e. The lowest BCUT2D eigenvalue weighted by Crippen LogP contribution is -2.28. The zero-order valence-corrected chi connectivity index (χ0v) is 13.9. The molecule has 120 valence electrons. The minimum atomic E-state index is -3.64. The number of thiophene rings is 1. The van der Waals surface area contributed by atoms with Crippen LogP contribution in [0, 0.1) is 11.3 Å². The third-order valence-corrected chi connectivity index (χ3v) is 5.27. The number of carbonyl (C=O) groups excluding carboxylic acids is 1. The standard InChI is InChI=1S/C15H15N3O3S2/c1-2-17-23(20,21)13-5-3-4-11(8-13)15(19)18-14(9-16)12-6-7-22-10-12/h3-8,10,14,17H,2H2,1H3,(H,18,19)/t14-/m1/s1. The molecule has 1 amide bonds. The second-order valence-corrected chi connectivity index (χ2v) is 7.17. The molecule has 0 unspecified atom stereocenters. The summed E-state index contributed by atoms with van der Waals surface area (Å²) in [5.41, 5.74) is 0.877. The Balaban J connectivity index is 2.22. The van der Waals surface area contributed by atoms with Crippen molar-refractivity contribution >= 4 is 27.3 Å². The van der Waals surface area contributed by atoms with E-state index in [0.717, 1.165) is 0 Å². The molecule has 0 aliphatic rings. The molecule has 2 rings (SSSR count). The Hall–Kier alpha value is -2.21. The first-order chi connectivity index (χ1) is 11.0. The van der Waals surface area contributed by atoms with E-state index in [2.05, 4.69) is 10.0 Å². The van der Waals surface area contributed by atoms with Crippen LogP contribution in [0.15, 0.2) is 46.0 Å². The number of hydrogen-bond acceptors (Lipinski definition) is 5. The molecule has 0 saturated carbocycles. The first-order valence-electron chi connectivity index (χ1n) is 6.80. The summed E-state index contributed by atoms with van der Waals surface area (Å²) < 4.78 is 26.3. The zero-order valence-electron chi connectivity index (χ0n) is 12.3. The third kappa shape index (κ3) is 4.16. The van der Waals surface area contributed by atoms with Crippen molar-refractivity contribution in [2.75, 3.05) is 6.54 Å². The summed E-state index contributed by atoms with van der Waals surface area (Å²) in [5, 5.41) is 15.4. The minimum absolute atomic E-state index is 0.0102. The van der Waals surface area contributed by atoms with Crippen LogP contribution in [0.4, 0.5) is 0 Å². The van der Waals surface area contributed by atoms with Crippen LogP contribution in [-0.2, 0) is 10.0 Å². The van der Waals surface area contributed by atoms with Crippen molar-refractivity contribution in [2.24, 2.45) is 0 Å². The zero-order chi connectivity index (χ0) is 16.9. The molecule has 6 nitrogen and oxygen atoms in total. The minimum Gasteiger partial charge on any atom is -0.332 e. The molecular weight excluding hydrogens is 334 g/mol. The smallest absolute Gasteiger partial charge is 0.252 e. The second kappa shape index (κ2) is 7.37. The van der Waals surface area contributed by atoms with Crippen LogP contribution in [0.25, 0.3) is 0 Å². The van der Waals surface area contributed by atoms with Crippen LogP contribution in [0.1, 0.15) is 28.9 Å². The normalized spacial score (nSPS) is 12.3. The molecule has 1 heterocycles. The Labute approximate surface area is 138 Å². The fourth-order valence-electron chi connectivity index (χ4n) is 1.92. The van der Waals surface area contributed by atoms with E-state index in [1.807, 2.05) is 11.4 Å². The highest BCUT2D eigenvalue weighted by atomic mass is 32.2. The van der Waals surface area contributed by atoms with Gasteiger partial charge in [-0.2, -0.15) is 16.6 Å². The van der Waals surface area contributed by atoms with Gasteiger partial charge in [-0.3, -0.25) is 4.79 Å². The average molecular weight is 349 g/mol. The first-order valence-corrected chi connectivity index (χ1v) is 9.23. The Kier molecular flexibility index (Phi) is 5.50. The van der Waals surface area contributed by atoms with Crippen molar-refractivity contribution in [1.29, 1.82) is 5.26 Å². The predicted octanol–water partition coefficient (Wildman–Crippen LogP) is 2.04. The maximum Gasteiger partial charge on any atom is 0.252 e. The molecule has 2 aromatic rings.